The molecular formula is C7H6BrN3. The summed E-state index contributed by atoms with van der Waals surface area (Å²) in [5.74, 6) is 0.904. The van der Waals surface area contributed by atoms with E-state index in [1.807, 2.05) is 29.7 Å². The van der Waals surface area contributed by atoms with E-state index in [2.05, 4.69) is 26.1 Å². The topological polar surface area (TPSA) is 30.2 Å². The number of hydrogen-bond acceptors (Lipinski definition) is 2. The van der Waals surface area contributed by atoms with Crippen molar-refractivity contribution in [3.05, 3.63) is 28.6 Å². The molecule has 2 rings (SSSR count). The van der Waals surface area contributed by atoms with Crippen molar-refractivity contribution in [1.29, 1.82) is 0 Å². The monoisotopic (exact) mass is 211 g/mol. The van der Waals surface area contributed by atoms with E-state index in [1.54, 1.807) is 0 Å². The Balaban J connectivity index is 2.87. The van der Waals surface area contributed by atoms with Crippen LogP contribution in [0.25, 0.3) is 5.65 Å². The van der Waals surface area contributed by atoms with Crippen LogP contribution in [0.15, 0.2) is 22.8 Å². The number of hydrogen-bond donors (Lipinski definition) is 0. The number of nitrogens with zero attached hydrogens (tertiary/aromatic N) is 3. The van der Waals surface area contributed by atoms with Gasteiger partial charge in [-0.15, -0.1) is 10.2 Å². The number of aromatic nitrogens is 3. The van der Waals surface area contributed by atoms with Gasteiger partial charge < -0.3 is 0 Å². The van der Waals surface area contributed by atoms with Gasteiger partial charge in [-0.1, -0.05) is 0 Å². The first-order chi connectivity index (χ1) is 5.27. The van der Waals surface area contributed by atoms with Crippen LogP contribution in [0.4, 0.5) is 0 Å². The lowest BCUT2D eigenvalue weighted by Crippen LogP contribution is -1.86. The van der Waals surface area contributed by atoms with Gasteiger partial charge in [-0.05, 0) is 35.0 Å². The van der Waals surface area contributed by atoms with Crippen molar-refractivity contribution in [3.8, 4) is 0 Å². The van der Waals surface area contributed by atoms with Crippen molar-refractivity contribution >= 4 is 21.6 Å². The zero-order valence-corrected chi connectivity index (χ0v) is 7.54. The van der Waals surface area contributed by atoms with Crippen molar-refractivity contribution in [2.75, 3.05) is 0 Å². The third-order valence-corrected chi connectivity index (χ3v) is 2.01. The van der Waals surface area contributed by atoms with Gasteiger partial charge >= 0.3 is 0 Å². The van der Waals surface area contributed by atoms with E-state index < -0.39 is 0 Å². The molecule has 4 heteroatoms. The van der Waals surface area contributed by atoms with Gasteiger partial charge in [0.15, 0.2) is 5.65 Å². The average molecular weight is 212 g/mol. The smallest absolute Gasteiger partial charge is 0.160 e. The van der Waals surface area contributed by atoms with Crippen molar-refractivity contribution in [2.24, 2.45) is 0 Å². The molecule has 0 N–H and O–H groups in total. The van der Waals surface area contributed by atoms with Crippen LogP contribution in [0.5, 0.6) is 0 Å². The fourth-order valence-corrected chi connectivity index (χ4v) is 1.32. The summed E-state index contributed by atoms with van der Waals surface area (Å²) in [5, 5.41) is 7.88. The molecule has 0 saturated heterocycles. The van der Waals surface area contributed by atoms with Crippen LogP contribution in [0.1, 0.15) is 5.82 Å². The first kappa shape index (κ1) is 6.79. The molecular weight excluding hydrogens is 206 g/mol. The van der Waals surface area contributed by atoms with Gasteiger partial charge in [0, 0.05) is 10.7 Å². The molecule has 11 heavy (non-hydrogen) atoms. The van der Waals surface area contributed by atoms with Crippen LogP contribution in [0, 0.1) is 6.92 Å². The molecule has 2 aromatic heterocycles. The van der Waals surface area contributed by atoms with E-state index in [0.717, 1.165) is 15.9 Å². The Morgan fingerprint density at radius 2 is 2.18 bits per heavy atom. The Bertz CT molecular complexity index is 393. The van der Waals surface area contributed by atoms with E-state index in [0.29, 0.717) is 0 Å². The molecule has 0 unspecified atom stereocenters. The normalized spacial score (nSPS) is 10.7. The highest BCUT2D eigenvalue weighted by atomic mass is 79.9. The zero-order chi connectivity index (χ0) is 7.84. The Kier molecular flexibility index (Phi) is 1.42. The lowest BCUT2D eigenvalue weighted by molar-refractivity contribution is 1.00. The second-order valence-corrected chi connectivity index (χ2v) is 3.24. The molecule has 0 bridgehead atoms. The van der Waals surface area contributed by atoms with E-state index in [9.17, 15) is 0 Å². The molecule has 0 amide bonds. The molecule has 0 spiro atoms. The molecule has 0 radical (unpaired) electrons. The molecule has 56 valence electrons. The van der Waals surface area contributed by atoms with Gasteiger partial charge in [-0.3, -0.25) is 4.40 Å². The highest BCUT2D eigenvalue weighted by Gasteiger charge is 1.98. The van der Waals surface area contributed by atoms with Crippen LogP contribution in [-0.2, 0) is 0 Å². The average Bonchev–Trinajstić information content (AvgIpc) is 2.33. The third-order valence-electron chi connectivity index (χ3n) is 1.54. The Hall–Kier alpha value is -0.900. The molecule has 2 heterocycles. The standard InChI is InChI=1S/C7H6BrN3/c1-5-9-10-7-3-2-6(8)4-11(5)7/h2-4H,1H3. The molecule has 3 nitrogen and oxygen atoms in total. The quantitative estimate of drug-likeness (QED) is 0.666. The van der Waals surface area contributed by atoms with Gasteiger partial charge in [0.2, 0.25) is 0 Å². The van der Waals surface area contributed by atoms with E-state index in [4.69, 9.17) is 0 Å². The SMILES string of the molecule is Cc1nnc2ccc(Br)cn12. The summed E-state index contributed by atoms with van der Waals surface area (Å²) in [7, 11) is 0. The lowest BCUT2D eigenvalue weighted by Gasteiger charge is -1.93. The van der Waals surface area contributed by atoms with E-state index >= 15 is 0 Å². The zero-order valence-electron chi connectivity index (χ0n) is 5.95. The molecule has 2 aromatic rings. The van der Waals surface area contributed by atoms with Gasteiger partial charge in [-0.25, -0.2) is 0 Å². The fourth-order valence-electron chi connectivity index (χ4n) is 0.979. The summed E-state index contributed by atoms with van der Waals surface area (Å²) in [6, 6.07) is 3.87. The summed E-state index contributed by atoms with van der Waals surface area (Å²) in [6.07, 6.45) is 1.95. The van der Waals surface area contributed by atoms with Crippen LogP contribution in [0.3, 0.4) is 0 Å². The van der Waals surface area contributed by atoms with Crippen molar-refractivity contribution in [2.45, 2.75) is 6.92 Å². The minimum atomic E-state index is 0.880. The lowest BCUT2D eigenvalue weighted by atomic mass is 10.5. The molecule has 0 aliphatic rings. The second kappa shape index (κ2) is 2.30. The summed E-state index contributed by atoms with van der Waals surface area (Å²) in [4.78, 5) is 0. The highest BCUT2D eigenvalue weighted by Crippen LogP contribution is 2.11. The molecule has 0 aliphatic heterocycles. The number of fused-ring (bicyclic) bond motifs is 1. The van der Waals surface area contributed by atoms with Crippen LogP contribution in [-0.4, -0.2) is 14.6 Å². The van der Waals surface area contributed by atoms with Crippen molar-refractivity contribution < 1.29 is 0 Å². The second-order valence-electron chi connectivity index (χ2n) is 2.32. The van der Waals surface area contributed by atoms with Gasteiger partial charge in [-0.2, -0.15) is 0 Å². The minimum absolute atomic E-state index is 0.880. The summed E-state index contributed by atoms with van der Waals surface area (Å²) in [6.45, 7) is 1.92. The van der Waals surface area contributed by atoms with Gasteiger partial charge in [0.05, 0.1) is 0 Å². The first-order valence-electron chi connectivity index (χ1n) is 3.24. The number of rotatable bonds is 0. The molecule has 0 atom stereocenters. The number of pyridine rings is 1. The van der Waals surface area contributed by atoms with Gasteiger partial charge in [0.1, 0.15) is 5.82 Å². The maximum absolute atomic E-state index is 3.95. The van der Waals surface area contributed by atoms with Gasteiger partial charge in [0.25, 0.3) is 0 Å². The predicted octanol–water partition coefficient (Wildman–Crippen LogP) is 1.80. The van der Waals surface area contributed by atoms with Crippen LogP contribution >= 0.6 is 15.9 Å². The van der Waals surface area contributed by atoms with E-state index in [1.165, 1.54) is 0 Å². The molecule has 0 fully saturated rings. The predicted molar refractivity (Wildman–Crippen MR) is 45.4 cm³/mol. The maximum atomic E-state index is 3.95. The molecule has 0 aromatic carbocycles. The van der Waals surface area contributed by atoms with Crippen LogP contribution in [0.2, 0.25) is 0 Å². The molecule has 0 aliphatic carbocycles. The largest absolute Gasteiger partial charge is 0.286 e. The minimum Gasteiger partial charge on any atom is -0.286 e. The highest BCUT2D eigenvalue weighted by molar-refractivity contribution is 9.10. The maximum Gasteiger partial charge on any atom is 0.160 e. The summed E-state index contributed by atoms with van der Waals surface area (Å²) < 4.78 is 2.97. The van der Waals surface area contributed by atoms with Crippen molar-refractivity contribution in [1.82, 2.24) is 14.6 Å². The summed E-state index contributed by atoms with van der Waals surface area (Å²) >= 11 is 3.37. The Labute approximate surface area is 72.2 Å². The summed E-state index contributed by atoms with van der Waals surface area (Å²) in [5.41, 5.74) is 0.880. The van der Waals surface area contributed by atoms with E-state index in [-0.39, 0.29) is 0 Å². The van der Waals surface area contributed by atoms with Crippen LogP contribution < -0.4 is 0 Å². The fraction of sp³-hybridized carbons (Fsp3) is 0.143. The Morgan fingerprint density at radius 1 is 1.36 bits per heavy atom. The number of aryl methyl sites for hydroxylation is 1. The van der Waals surface area contributed by atoms with Crippen molar-refractivity contribution in [3.63, 3.8) is 0 Å². The Morgan fingerprint density at radius 3 is 3.00 bits per heavy atom. The third kappa shape index (κ3) is 1.03. The molecule has 0 saturated carbocycles. The number of halogens is 1. The first-order valence-corrected chi connectivity index (χ1v) is 4.03.